The third kappa shape index (κ3) is 5.23. The average Bonchev–Trinajstić information content (AvgIpc) is 3.82. The van der Waals surface area contributed by atoms with Crippen LogP contribution in [0.3, 0.4) is 0 Å². The first-order valence-electron chi connectivity index (χ1n) is 18.9. The van der Waals surface area contributed by atoms with E-state index in [0.29, 0.717) is 5.82 Å². The predicted octanol–water partition coefficient (Wildman–Crippen LogP) is 13.8. The van der Waals surface area contributed by atoms with Crippen molar-refractivity contribution >= 4 is 43.7 Å². The summed E-state index contributed by atoms with van der Waals surface area (Å²) in [5.41, 5.74) is 14.2. The summed E-state index contributed by atoms with van der Waals surface area (Å²) in [6.07, 6.45) is 0. The summed E-state index contributed by atoms with van der Waals surface area (Å²) in [7, 11) is 0. The van der Waals surface area contributed by atoms with Crippen LogP contribution in [0.2, 0.25) is 0 Å². The molecule has 3 heterocycles. The van der Waals surface area contributed by atoms with Crippen molar-refractivity contribution in [3.8, 4) is 61.8 Å². The fourth-order valence-corrected chi connectivity index (χ4v) is 8.29. The minimum absolute atomic E-state index is 0.667. The molecule has 0 N–H and O–H groups in total. The molecule has 0 saturated carbocycles. The number of hydrogen-bond donors (Lipinski definition) is 0. The van der Waals surface area contributed by atoms with E-state index in [1.807, 2.05) is 18.2 Å². The van der Waals surface area contributed by atoms with Gasteiger partial charge in [0.1, 0.15) is 11.2 Å². The van der Waals surface area contributed by atoms with Crippen molar-refractivity contribution in [1.29, 1.82) is 0 Å². The lowest BCUT2D eigenvalue weighted by molar-refractivity contribution is 0.669. The maximum atomic E-state index is 6.44. The number of benzene rings is 8. The van der Waals surface area contributed by atoms with Gasteiger partial charge in [0.2, 0.25) is 0 Å². The number of rotatable bonds is 6. The van der Waals surface area contributed by atoms with E-state index in [4.69, 9.17) is 14.4 Å². The monoisotopic (exact) mass is 715 g/mol. The van der Waals surface area contributed by atoms with Crippen LogP contribution in [0, 0.1) is 0 Å². The maximum absolute atomic E-state index is 6.44. The van der Waals surface area contributed by atoms with Crippen molar-refractivity contribution < 1.29 is 4.42 Å². The minimum Gasteiger partial charge on any atom is -0.456 e. The van der Waals surface area contributed by atoms with E-state index in [-0.39, 0.29) is 0 Å². The fraction of sp³-hybridized carbons (Fsp3) is 0. The number of nitrogens with zero attached hydrogens (tertiary/aromatic N) is 3. The van der Waals surface area contributed by atoms with Gasteiger partial charge in [0.05, 0.1) is 28.1 Å². The minimum atomic E-state index is 0.667. The standard InChI is InChI=1S/C52H33N3O/c1-5-17-34(18-6-1)41-31-38(52-53-43(36-21-9-3-10-22-36)33-44(54-52)37-23-11-4-12-24-37)32-42(35-19-7-2-8-20-35)51(41)55-45-27-15-13-25-39(45)49-46(55)29-30-48-50(49)40-26-14-16-28-47(40)56-48/h1-33H. The molecule has 0 radical (unpaired) electrons. The molecule has 0 spiro atoms. The maximum Gasteiger partial charge on any atom is 0.160 e. The lowest BCUT2D eigenvalue weighted by Gasteiger charge is -2.21. The van der Waals surface area contributed by atoms with Gasteiger partial charge in [0, 0.05) is 49.4 Å². The zero-order chi connectivity index (χ0) is 37.0. The molecule has 4 nitrogen and oxygen atoms in total. The largest absolute Gasteiger partial charge is 0.456 e. The molecule has 0 saturated heterocycles. The Hall–Kier alpha value is -7.56. The molecular weight excluding hydrogens is 683 g/mol. The van der Waals surface area contributed by atoms with Gasteiger partial charge in [-0.3, -0.25) is 0 Å². The van der Waals surface area contributed by atoms with Crippen LogP contribution in [0.5, 0.6) is 0 Å². The number of fused-ring (bicyclic) bond motifs is 7. The first-order valence-corrected chi connectivity index (χ1v) is 18.9. The van der Waals surface area contributed by atoms with Gasteiger partial charge in [-0.15, -0.1) is 0 Å². The molecule has 0 aliphatic rings. The Morgan fingerprint density at radius 1 is 0.357 bits per heavy atom. The zero-order valence-corrected chi connectivity index (χ0v) is 30.3. The Kier molecular flexibility index (Phi) is 7.46. The molecule has 0 aliphatic heterocycles. The van der Waals surface area contributed by atoms with Gasteiger partial charge >= 0.3 is 0 Å². The van der Waals surface area contributed by atoms with Crippen LogP contribution in [0.25, 0.3) is 106 Å². The SMILES string of the molecule is c1ccc(-c2cc(-c3ccccc3)nc(-c3cc(-c4ccccc4)c(-n4c5ccccc5c5c6c(ccc54)oc4ccccc46)c(-c4ccccc4)c3)n2)cc1. The number of furan rings is 1. The molecule has 3 aromatic heterocycles. The first-order chi connectivity index (χ1) is 27.8. The lowest BCUT2D eigenvalue weighted by Crippen LogP contribution is -2.03. The summed E-state index contributed by atoms with van der Waals surface area (Å²) < 4.78 is 8.89. The Balaban J connectivity index is 1.27. The number of para-hydroxylation sites is 2. The van der Waals surface area contributed by atoms with Gasteiger partial charge in [0.15, 0.2) is 5.82 Å². The van der Waals surface area contributed by atoms with Crippen LogP contribution in [-0.2, 0) is 0 Å². The molecule has 262 valence electrons. The summed E-state index contributed by atoms with van der Waals surface area (Å²) in [6, 6.07) is 70.2. The highest BCUT2D eigenvalue weighted by Crippen LogP contribution is 2.46. The Morgan fingerprint density at radius 3 is 1.45 bits per heavy atom. The smallest absolute Gasteiger partial charge is 0.160 e. The van der Waals surface area contributed by atoms with Gasteiger partial charge in [0.25, 0.3) is 0 Å². The van der Waals surface area contributed by atoms with Gasteiger partial charge in [-0.25, -0.2) is 9.97 Å². The normalized spacial score (nSPS) is 11.6. The third-order valence-electron chi connectivity index (χ3n) is 10.8. The topological polar surface area (TPSA) is 43.9 Å². The van der Waals surface area contributed by atoms with Crippen LogP contribution < -0.4 is 0 Å². The van der Waals surface area contributed by atoms with E-state index in [9.17, 15) is 0 Å². The van der Waals surface area contributed by atoms with Crippen molar-refractivity contribution in [1.82, 2.24) is 14.5 Å². The second-order valence-corrected chi connectivity index (χ2v) is 14.1. The molecule has 11 aromatic rings. The highest BCUT2D eigenvalue weighted by atomic mass is 16.3. The summed E-state index contributed by atoms with van der Waals surface area (Å²) in [5.74, 6) is 0.667. The highest BCUT2D eigenvalue weighted by molar-refractivity contribution is 6.27. The van der Waals surface area contributed by atoms with E-state index >= 15 is 0 Å². The Bertz CT molecular complexity index is 3100. The molecule has 0 amide bonds. The molecule has 0 fully saturated rings. The highest BCUT2D eigenvalue weighted by Gasteiger charge is 2.24. The molecule has 4 heteroatoms. The lowest BCUT2D eigenvalue weighted by atomic mass is 9.92. The molecule has 0 unspecified atom stereocenters. The van der Waals surface area contributed by atoms with E-state index < -0.39 is 0 Å². The van der Waals surface area contributed by atoms with Crippen molar-refractivity contribution in [2.75, 3.05) is 0 Å². The van der Waals surface area contributed by atoms with Crippen LogP contribution in [0.1, 0.15) is 0 Å². The van der Waals surface area contributed by atoms with E-state index in [2.05, 4.69) is 187 Å². The van der Waals surface area contributed by atoms with Crippen LogP contribution in [0.4, 0.5) is 0 Å². The Morgan fingerprint density at radius 2 is 0.857 bits per heavy atom. The van der Waals surface area contributed by atoms with Gasteiger partial charge in [-0.1, -0.05) is 158 Å². The van der Waals surface area contributed by atoms with E-state index in [1.54, 1.807) is 0 Å². The van der Waals surface area contributed by atoms with Gasteiger partial charge in [-0.2, -0.15) is 0 Å². The summed E-state index contributed by atoms with van der Waals surface area (Å²) in [4.78, 5) is 10.6. The number of aromatic nitrogens is 3. The number of hydrogen-bond acceptors (Lipinski definition) is 3. The molecule has 0 atom stereocenters. The zero-order valence-electron chi connectivity index (χ0n) is 30.3. The molecule has 0 bridgehead atoms. The summed E-state index contributed by atoms with van der Waals surface area (Å²) in [6.45, 7) is 0. The van der Waals surface area contributed by atoms with Crippen LogP contribution in [-0.4, -0.2) is 14.5 Å². The third-order valence-corrected chi connectivity index (χ3v) is 10.8. The van der Waals surface area contributed by atoms with E-state index in [0.717, 1.165) is 89.0 Å². The average molecular weight is 716 g/mol. The quantitative estimate of drug-likeness (QED) is 0.172. The predicted molar refractivity (Wildman–Crippen MR) is 231 cm³/mol. The second kappa shape index (κ2) is 13.1. The Labute approximate surface area is 323 Å². The summed E-state index contributed by atoms with van der Waals surface area (Å²) in [5, 5.41) is 4.60. The molecule has 56 heavy (non-hydrogen) atoms. The first kappa shape index (κ1) is 31.9. The molecule has 11 rings (SSSR count). The van der Waals surface area contributed by atoms with Gasteiger partial charge < -0.3 is 8.98 Å². The van der Waals surface area contributed by atoms with Crippen LogP contribution >= 0.6 is 0 Å². The molecule has 0 aliphatic carbocycles. The van der Waals surface area contributed by atoms with Gasteiger partial charge in [-0.05, 0) is 53.6 Å². The fourth-order valence-electron chi connectivity index (χ4n) is 8.29. The summed E-state index contributed by atoms with van der Waals surface area (Å²) >= 11 is 0. The van der Waals surface area contributed by atoms with Crippen molar-refractivity contribution in [3.63, 3.8) is 0 Å². The van der Waals surface area contributed by atoms with Crippen molar-refractivity contribution in [2.45, 2.75) is 0 Å². The van der Waals surface area contributed by atoms with Crippen molar-refractivity contribution in [2.24, 2.45) is 0 Å². The molecular formula is C52H33N3O. The molecule has 8 aromatic carbocycles. The van der Waals surface area contributed by atoms with Crippen LogP contribution in [0.15, 0.2) is 205 Å². The second-order valence-electron chi connectivity index (χ2n) is 14.1. The van der Waals surface area contributed by atoms with E-state index in [1.165, 1.54) is 10.8 Å². The van der Waals surface area contributed by atoms with Crippen molar-refractivity contribution in [3.05, 3.63) is 200 Å².